The van der Waals surface area contributed by atoms with Crippen molar-refractivity contribution in [3.05, 3.63) is 77.0 Å². The molecule has 1 fully saturated rings. The number of anilines is 1. The Labute approximate surface area is 263 Å². The van der Waals surface area contributed by atoms with E-state index >= 15 is 0 Å². The molecule has 1 aliphatic rings. The van der Waals surface area contributed by atoms with Gasteiger partial charge >= 0.3 is 0 Å². The van der Waals surface area contributed by atoms with Gasteiger partial charge in [-0.1, -0.05) is 58.0 Å². The van der Waals surface area contributed by atoms with E-state index in [0.717, 1.165) is 89.0 Å². The van der Waals surface area contributed by atoms with Crippen LogP contribution in [0, 0.1) is 6.92 Å². The number of nitrogens with two attached hydrogens (primary N) is 1. The van der Waals surface area contributed by atoms with Crippen LogP contribution in [0.15, 0.2) is 48.9 Å². The average Bonchev–Trinajstić information content (AvgIpc) is 3.60. The molecule has 0 radical (unpaired) electrons. The smallest absolute Gasteiger partial charge is 0.219 e. The summed E-state index contributed by atoms with van der Waals surface area (Å²) in [7, 11) is 0. The molecule has 9 heteroatoms. The summed E-state index contributed by atoms with van der Waals surface area (Å²) in [6.45, 7) is 17.8. The predicted molar refractivity (Wildman–Crippen MR) is 179 cm³/mol. The van der Waals surface area contributed by atoms with E-state index in [1.54, 1.807) is 13.3 Å². The SMILES string of the molecule is CC.CCC(C)(CCc1nn(Cc2ccccc2)cc1C)c1cc(CCCCN2CCN(C(C)=O)CC2)n2ncnc(N)c12. The van der Waals surface area contributed by atoms with Gasteiger partial charge in [-0.25, -0.2) is 9.50 Å². The number of nitrogens with zero attached hydrogens (tertiary/aromatic N) is 7. The number of hydrogen-bond donors (Lipinski definition) is 1. The number of nitrogen functional groups attached to an aromatic ring is 1. The molecule has 3 aromatic heterocycles. The first-order valence-electron chi connectivity index (χ1n) is 16.4. The summed E-state index contributed by atoms with van der Waals surface area (Å²) in [4.78, 5) is 20.4. The van der Waals surface area contributed by atoms with Gasteiger partial charge in [0.15, 0.2) is 5.82 Å². The monoisotopic (exact) mass is 600 g/mol. The summed E-state index contributed by atoms with van der Waals surface area (Å²) in [6.07, 6.45) is 9.69. The Morgan fingerprint density at radius 2 is 1.77 bits per heavy atom. The lowest BCUT2D eigenvalue weighted by molar-refractivity contribution is -0.130. The predicted octanol–water partition coefficient (Wildman–Crippen LogP) is 5.68. The molecule has 0 spiro atoms. The molecule has 44 heavy (non-hydrogen) atoms. The summed E-state index contributed by atoms with van der Waals surface area (Å²) in [5, 5.41) is 9.60. The Morgan fingerprint density at radius 3 is 2.45 bits per heavy atom. The van der Waals surface area contributed by atoms with Crippen molar-refractivity contribution in [3.63, 3.8) is 0 Å². The zero-order valence-electron chi connectivity index (χ0n) is 27.7. The van der Waals surface area contributed by atoms with Crippen LogP contribution in [0.1, 0.15) is 88.4 Å². The second-order valence-electron chi connectivity index (χ2n) is 12.1. The van der Waals surface area contributed by atoms with Crippen LogP contribution in [0.5, 0.6) is 0 Å². The molecule has 238 valence electrons. The molecule has 1 atom stereocenters. The van der Waals surface area contributed by atoms with E-state index in [0.29, 0.717) is 5.82 Å². The third-order valence-corrected chi connectivity index (χ3v) is 9.21. The maximum atomic E-state index is 11.6. The highest BCUT2D eigenvalue weighted by Gasteiger charge is 2.31. The number of rotatable bonds is 12. The average molecular weight is 601 g/mol. The number of amides is 1. The Kier molecular flexibility index (Phi) is 11.6. The van der Waals surface area contributed by atoms with Crippen molar-refractivity contribution < 1.29 is 4.79 Å². The van der Waals surface area contributed by atoms with Crippen molar-refractivity contribution in [1.82, 2.24) is 34.2 Å². The van der Waals surface area contributed by atoms with Gasteiger partial charge in [0, 0.05) is 45.0 Å². The fourth-order valence-corrected chi connectivity index (χ4v) is 6.25. The Morgan fingerprint density at radius 1 is 1.05 bits per heavy atom. The molecule has 4 aromatic rings. The van der Waals surface area contributed by atoms with Gasteiger partial charge in [0.05, 0.1) is 12.2 Å². The fraction of sp³-hybridized carbons (Fsp3) is 0.543. The van der Waals surface area contributed by atoms with Gasteiger partial charge in [-0.3, -0.25) is 14.4 Å². The molecule has 1 unspecified atom stereocenters. The standard InChI is InChI=1S/C33H46N8O.C2H6/c1-5-33(4,15-14-30-25(2)22-40(37-30)23-27-11-7-6-8-12-27)29-21-28(41-31(29)32(34)35-24-36-41)13-9-10-16-38-17-19-39(20-18-38)26(3)42;1-2/h6-8,11-12,21-22,24H,5,9-10,13-20,23H2,1-4H3,(H2,34,35,36);1-2H3. The lowest BCUT2D eigenvalue weighted by Gasteiger charge is -2.34. The quantitative estimate of drug-likeness (QED) is 0.210. The summed E-state index contributed by atoms with van der Waals surface area (Å²) >= 11 is 0. The van der Waals surface area contributed by atoms with E-state index in [4.69, 9.17) is 10.8 Å². The van der Waals surface area contributed by atoms with E-state index in [2.05, 4.69) is 77.0 Å². The molecular formula is C35H52N8O. The van der Waals surface area contributed by atoms with Crippen LogP contribution < -0.4 is 5.73 Å². The van der Waals surface area contributed by atoms with Crippen molar-refractivity contribution >= 4 is 17.2 Å². The maximum absolute atomic E-state index is 11.6. The lowest BCUT2D eigenvalue weighted by Crippen LogP contribution is -2.48. The van der Waals surface area contributed by atoms with Crippen molar-refractivity contribution in [2.75, 3.05) is 38.5 Å². The molecule has 1 aliphatic heterocycles. The first kappa shape index (κ1) is 33.2. The van der Waals surface area contributed by atoms with Crippen LogP contribution in [0.4, 0.5) is 5.82 Å². The van der Waals surface area contributed by atoms with Gasteiger partial charge in [-0.2, -0.15) is 10.2 Å². The molecule has 1 aromatic carbocycles. The molecule has 1 saturated heterocycles. The topological polar surface area (TPSA) is 97.6 Å². The van der Waals surface area contributed by atoms with Gasteiger partial charge in [0.2, 0.25) is 5.91 Å². The summed E-state index contributed by atoms with van der Waals surface area (Å²) in [6, 6.07) is 12.8. The molecular weight excluding hydrogens is 548 g/mol. The summed E-state index contributed by atoms with van der Waals surface area (Å²) < 4.78 is 4.08. The van der Waals surface area contributed by atoms with E-state index in [9.17, 15) is 4.79 Å². The third-order valence-electron chi connectivity index (χ3n) is 9.21. The molecule has 4 heterocycles. The Hall–Kier alpha value is -3.72. The molecule has 0 bridgehead atoms. The van der Waals surface area contributed by atoms with Crippen LogP contribution in [0.25, 0.3) is 5.52 Å². The van der Waals surface area contributed by atoms with Crippen molar-refractivity contribution in [2.45, 2.75) is 92.0 Å². The molecule has 2 N–H and O–H groups in total. The van der Waals surface area contributed by atoms with Crippen molar-refractivity contribution in [3.8, 4) is 0 Å². The van der Waals surface area contributed by atoms with Gasteiger partial charge in [-0.05, 0) is 80.2 Å². The number of aromatic nitrogens is 5. The Bertz CT molecular complexity index is 1490. The molecule has 0 saturated carbocycles. The largest absolute Gasteiger partial charge is 0.382 e. The number of piperazine rings is 1. The first-order valence-corrected chi connectivity index (χ1v) is 16.4. The van der Waals surface area contributed by atoms with Crippen molar-refractivity contribution in [2.24, 2.45) is 0 Å². The molecule has 0 aliphatic carbocycles. The van der Waals surface area contributed by atoms with Gasteiger partial charge in [0.1, 0.15) is 11.8 Å². The minimum Gasteiger partial charge on any atom is -0.382 e. The van der Waals surface area contributed by atoms with Gasteiger partial charge < -0.3 is 10.6 Å². The number of carbonyl (C=O) groups excluding carboxylic acids is 1. The summed E-state index contributed by atoms with van der Waals surface area (Å²) in [5.41, 5.74) is 13.4. The maximum Gasteiger partial charge on any atom is 0.219 e. The van der Waals surface area contributed by atoms with E-state index in [1.165, 1.54) is 22.4 Å². The van der Waals surface area contributed by atoms with Crippen LogP contribution in [-0.2, 0) is 29.6 Å². The highest BCUT2D eigenvalue weighted by atomic mass is 16.2. The number of hydrogen-bond acceptors (Lipinski definition) is 6. The second kappa shape index (κ2) is 15.3. The van der Waals surface area contributed by atoms with Crippen LogP contribution >= 0.6 is 0 Å². The normalized spacial score (nSPS) is 15.2. The summed E-state index contributed by atoms with van der Waals surface area (Å²) in [5.74, 6) is 0.719. The number of unbranched alkanes of at least 4 members (excludes halogenated alkanes) is 1. The van der Waals surface area contributed by atoms with Gasteiger partial charge in [0.25, 0.3) is 0 Å². The van der Waals surface area contributed by atoms with Crippen LogP contribution in [-0.4, -0.2) is 72.8 Å². The van der Waals surface area contributed by atoms with Gasteiger partial charge in [-0.15, -0.1) is 0 Å². The van der Waals surface area contributed by atoms with E-state index in [-0.39, 0.29) is 11.3 Å². The first-order chi connectivity index (χ1) is 21.3. The van der Waals surface area contributed by atoms with E-state index in [1.807, 2.05) is 29.3 Å². The second-order valence-corrected chi connectivity index (χ2v) is 12.1. The number of fused-ring (bicyclic) bond motifs is 1. The third kappa shape index (κ3) is 7.86. The van der Waals surface area contributed by atoms with E-state index < -0.39 is 0 Å². The van der Waals surface area contributed by atoms with Crippen molar-refractivity contribution in [1.29, 1.82) is 0 Å². The fourth-order valence-electron chi connectivity index (χ4n) is 6.25. The number of carbonyl (C=O) groups is 1. The highest BCUT2D eigenvalue weighted by molar-refractivity contribution is 5.73. The highest BCUT2D eigenvalue weighted by Crippen LogP contribution is 2.38. The molecule has 5 rings (SSSR count). The van der Waals surface area contributed by atoms with Crippen LogP contribution in [0.3, 0.4) is 0 Å². The minimum absolute atomic E-state index is 0.0889. The lowest BCUT2D eigenvalue weighted by atomic mass is 9.76. The molecule has 1 amide bonds. The Balaban J connectivity index is 0.00000216. The molecule has 9 nitrogen and oxygen atoms in total. The number of benzene rings is 1. The minimum atomic E-state index is -0.0889. The zero-order chi connectivity index (χ0) is 31.7. The van der Waals surface area contributed by atoms with Crippen LogP contribution in [0.2, 0.25) is 0 Å². The number of aryl methyl sites for hydroxylation is 3. The zero-order valence-corrected chi connectivity index (χ0v) is 27.7.